The Labute approximate surface area is 123 Å². The van der Waals surface area contributed by atoms with Crippen molar-refractivity contribution in [3.05, 3.63) is 32.1 Å². The van der Waals surface area contributed by atoms with E-state index in [1.54, 1.807) is 0 Å². The fourth-order valence-corrected chi connectivity index (χ4v) is 3.68. The molecule has 102 valence electrons. The Morgan fingerprint density at radius 2 is 2.32 bits per heavy atom. The molecule has 5 nitrogen and oxygen atoms in total. The second-order valence-corrected chi connectivity index (χ2v) is 6.42. The van der Waals surface area contributed by atoms with Crippen LogP contribution in [0.4, 0.5) is 0 Å². The molecular formula is C11H12ClN3O2S2. The van der Waals surface area contributed by atoms with Gasteiger partial charge in [-0.15, -0.1) is 11.3 Å². The molecule has 0 aliphatic heterocycles. The highest BCUT2D eigenvalue weighted by molar-refractivity contribution is 8.00. The Morgan fingerprint density at radius 1 is 1.53 bits per heavy atom. The minimum absolute atomic E-state index is 0.142. The number of thiazole rings is 1. The van der Waals surface area contributed by atoms with E-state index in [9.17, 15) is 4.79 Å². The third-order valence-electron chi connectivity index (χ3n) is 2.24. The van der Waals surface area contributed by atoms with E-state index in [0.29, 0.717) is 19.5 Å². The summed E-state index contributed by atoms with van der Waals surface area (Å²) < 4.78 is 0.644. The number of halogens is 1. The zero-order valence-electron chi connectivity index (χ0n) is 10.1. The number of nitrogens with one attached hydrogen (secondary N) is 1. The third kappa shape index (κ3) is 3.79. The fourth-order valence-electron chi connectivity index (χ4n) is 1.45. The van der Waals surface area contributed by atoms with Gasteiger partial charge < -0.3 is 10.1 Å². The summed E-state index contributed by atoms with van der Waals surface area (Å²) in [7, 11) is 0. The molecule has 0 spiro atoms. The number of aliphatic hydroxyl groups is 1. The van der Waals surface area contributed by atoms with Gasteiger partial charge in [-0.05, 0) is 18.2 Å². The number of hydrogen-bond donors (Lipinski definition) is 2. The number of rotatable bonds is 5. The SMILES string of the molecule is CCCc1cc(=O)[nH]c(Sc2nc(Cl)c(CO)s2)n1. The van der Waals surface area contributed by atoms with Crippen LogP contribution in [-0.4, -0.2) is 20.1 Å². The van der Waals surface area contributed by atoms with Crippen LogP contribution in [0.3, 0.4) is 0 Å². The molecule has 0 aromatic carbocycles. The van der Waals surface area contributed by atoms with Crippen molar-refractivity contribution in [3.63, 3.8) is 0 Å². The van der Waals surface area contributed by atoms with Crippen molar-refractivity contribution in [1.82, 2.24) is 15.0 Å². The fraction of sp³-hybridized carbons (Fsp3) is 0.364. The van der Waals surface area contributed by atoms with Gasteiger partial charge in [-0.2, -0.15) is 0 Å². The average Bonchev–Trinajstić information content (AvgIpc) is 2.69. The zero-order valence-corrected chi connectivity index (χ0v) is 12.5. The molecule has 0 radical (unpaired) electrons. The van der Waals surface area contributed by atoms with Crippen molar-refractivity contribution >= 4 is 34.7 Å². The maximum Gasteiger partial charge on any atom is 0.251 e. The number of aliphatic hydroxyl groups excluding tert-OH is 1. The molecule has 0 bridgehead atoms. The lowest BCUT2D eigenvalue weighted by Gasteiger charge is -2.00. The highest BCUT2D eigenvalue weighted by atomic mass is 35.5. The molecule has 2 N–H and O–H groups in total. The number of hydrogen-bond acceptors (Lipinski definition) is 6. The number of aromatic nitrogens is 3. The zero-order chi connectivity index (χ0) is 13.8. The van der Waals surface area contributed by atoms with Crippen molar-refractivity contribution < 1.29 is 5.11 Å². The van der Waals surface area contributed by atoms with E-state index in [4.69, 9.17) is 16.7 Å². The first kappa shape index (κ1) is 14.5. The molecule has 2 heterocycles. The van der Waals surface area contributed by atoms with Crippen LogP contribution in [0.2, 0.25) is 5.15 Å². The molecule has 2 aromatic rings. The van der Waals surface area contributed by atoms with Crippen LogP contribution in [0.25, 0.3) is 0 Å². The molecule has 19 heavy (non-hydrogen) atoms. The first-order valence-corrected chi connectivity index (χ1v) is 7.67. The summed E-state index contributed by atoms with van der Waals surface area (Å²) in [6.45, 7) is 1.89. The molecule has 0 saturated heterocycles. The van der Waals surface area contributed by atoms with Crippen molar-refractivity contribution in [2.45, 2.75) is 35.9 Å². The number of nitrogens with zero attached hydrogens (tertiary/aromatic N) is 2. The molecule has 0 atom stereocenters. The first-order valence-electron chi connectivity index (χ1n) is 5.66. The van der Waals surface area contributed by atoms with Gasteiger partial charge in [0, 0.05) is 11.8 Å². The molecule has 0 fully saturated rings. The number of aromatic amines is 1. The van der Waals surface area contributed by atoms with Gasteiger partial charge in [-0.3, -0.25) is 4.79 Å². The topological polar surface area (TPSA) is 78.9 Å². The monoisotopic (exact) mass is 317 g/mol. The molecule has 0 aliphatic rings. The van der Waals surface area contributed by atoms with Crippen LogP contribution in [0.1, 0.15) is 23.9 Å². The molecule has 2 rings (SSSR count). The van der Waals surface area contributed by atoms with Gasteiger partial charge in [0.1, 0.15) is 5.15 Å². The lowest BCUT2D eigenvalue weighted by atomic mass is 10.2. The summed E-state index contributed by atoms with van der Waals surface area (Å²) in [5.41, 5.74) is 0.588. The Morgan fingerprint density at radius 3 is 2.95 bits per heavy atom. The summed E-state index contributed by atoms with van der Waals surface area (Å²) in [6.07, 6.45) is 1.69. The molecule has 2 aromatic heterocycles. The molecular weight excluding hydrogens is 306 g/mol. The van der Waals surface area contributed by atoms with Crippen LogP contribution in [0, 0.1) is 0 Å². The number of H-pyrrole nitrogens is 1. The number of aryl methyl sites for hydroxylation is 1. The summed E-state index contributed by atoms with van der Waals surface area (Å²) in [4.78, 5) is 23.2. The summed E-state index contributed by atoms with van der Waals surface area (Å²) in [6, 6.07) is 1.50. The van der Waals surface area contributed by atoms with Crippen LogP contribution in [-0.2, 0) is 13.0 Å². The molecule has 0 saturated carbocycles. The highest BCUT2D eigenvalue weighted by Crippen LogP contribution is 2.33. The van der Waals surface area contributed by atoms with Crippen molar-refractivity contribution in [2.75, 3.05) is 0 Å². The largest absolute Gasteiger partial charge is 0.391 e. The predicted molar refractivity (Wildman–Crippen MR) is 76.0 cm³/mol. The van der Waals surface area contributed by atoms with Gasteiger partial charge in [0.25, 0.3) is 5.56 Å². The molecule has 0 unspecified atom stereocenters. The highest BCUT2D eigenvalue weighted by Gasteiger charge is 2.11. The van der Waals surface area contributed by atoms with Crippen LogP contribution < -0.4 is 5.56 Å². The Hall–Kier alpha value is -0.890. The average molecular weight is 318 g/mol. The van der Waals surface area contributed by atoms with E-state index in [2.05, 4.69) is 15.0 Å². The van der Waals surface area contributed by atoms with Gasteiger partial charge in [0.15, 0.2) is 9.50 Å². The normalized spacial score (nSPS) is 10.9. The molecule has 8 heteroatoms. The van der Waals surface area contributed by atoms with E-state index in [0.717, 1.165) is 18.5 Å². The summed E-state index contributed by atoms with van der Waals surface area (Å²) >= 11 is 8.38. The maximum atomic E-state index is 11.5. The van der Waals surface area contributed by atoms with E-state index < -0.39 is 0 Å². The van der Waals surface area contributed by atoms with Crippen molar-refractivity contribution in [2.24, 2.45) is 0 Å². The van der Waals surface area contributed by atoms with Gasteiger partial charge in [0.05, 0.1) is 11.5 Å². The van der Waals surface area contributed by atoms with Gasteiger partial charge in [-0.25, -0.2) is 9.97 Å². The Kier molecular flexibility index (Phi) is 4.98. The standard InChI is InChI=1S/C11H12ClN3O2S2/c1-2-3-6-4-8(17)14-10(13-6)19-11-15-9(12)7(5-16)18-11/h4,16H,2-3,5H2,1H3,(H,13,14,17). The minimum Gasteiger partial charge on any atom is -0.391 e. The van der Waals surface area contributed by atoms with Crippen LogP contribution >= 0.6 is 34.7 Å². The first-order chi connectivity index (χ1) is 9.12. The third-order valence-corrected chi connectivity index (χ3v) is 4.65. The second kappa shape index (κ2) is 6.51. The summed E-state index contributed by atoms with van der Waals surface area (Å²) in [5.74, 6) is 0. The lowest BCUT2D eigenvalue weighted by Crippen LogP contribution is -2.09. The Balaban J connectivity index is 2.24. The van der Waals surface area contributed by atoms with Crippen LogP contribution in [0.5, 0.6) is 0 Å². The quantitative estimate of drug-likeness (QED) is 0.828. The van der Waals surface area contributed by atoms with Gasteiger partial charge in [0.2, 0.25) is 0 Å². The smallest absolute Gasteiger partial charge is 0.251 e. The lowest BCUT2D eigenvalue weighted by molar-refractivity contribution is 0.285. The van der Waals surface area contributed by atoms with E-state index in [1.165, 1.54) is 29.2 Å². The Bertz CT molecular complexity index is 627. The maximum absolute atomic E-state index is 11.5. The second-order valence-electron chi connectivity index (χ2n) is 3.75. The minimum atomic E-state index is -0.175. The molecule has 0 aliphatic carbocycles. The summed E-state index contributed by atoms with van der Waals surface area (Å²) in [5, 5.41) is 9.84. The van der Waals surface area contributed by atoms with E-state index in [1.807, 2.05) is 6.92 Å². The van der Waals surface area contributed by atoms with Gasteiger partial charge in [-0.1, -0.05) is 24.9 Å². The van der Waals surface area contributed by atoms with E-state index >= 15 is 0 Å². The van der Waals surface area contributed by atoms with E-state index in [-0.39, 0.29) is 12.2 Å². The van der Waals surface area contributed by atoms with Gasteiger partial charge >= 0.3 is 0 Å². The predicted octanol–water partition coefficient (Wildman–Crippen LogP) is 2.48. The van der Waals surface area contributed by atoms with Crippen LogP contribution in [0.15, 0.2) is 20.4 Å². The van der Waals surface area contributed by atoms with Crippen molar-refractivity contribution in [1.29, 1.82) is 0 Å². The van der Waals surface area contributed by atoms with Crippen molar-refractivity contribution in [3.8, 4) is 0 Å². The molecule has 0 amide bonds.